The van der Waals surface area contributed by atoms with E-state index in [0.29, 0.717) is 60.2 Å². The average molecular weight is 737 g/mol. The summed E-state index contributed by atoms with van der Waals surface area (Å²) in [7, 11) is 1.77. The van der Waals surface area contributed by atoms with Gasteiger partial charge in [0.25, 0.3) is 0 Å². The second-order valence-electron chi connectivity index (χ2n) is 14.6. The van der Waals surface area contributed by atoms with Gasteiger partial charge in [-0.1, -0.05) is 13.0 Å². The number of likely N-dealkylation sites (N-methyl/N-ethyl adjacent to an activating group) is 1. The number of pyridine rings is 1. The maximum absolute atomic E-state index is 14.2. The van der Waals surface area contributed by atoms with Crippen molar-refractivity contribution in [3.05, 3.63) is 65.9 Å². The Morgan fingerprint density at radius 3 is 2.28 bits per heavy atom. The standard InChI is InChI=1S/C38H47F3N8O4/c1-6-47-17-19-48(20-18-47)24-26-7-8-27(21-30(26)38(39,40)41)43-35-44-31-10-9-28(22-32(31)46(35)5)52-29-11-14-42-33(23-29)45-34(50)25-12-15-49(16-13-25)36(51)53-37(2,3)4/h7-11,14,21-23,25H,6,12-13,15-20,24H2,1-5H3,(H,43,44)(H,42,45,50). The second kappa shape index (κ2) is 15.6. The number of hydrogen-bond donors (Lipinski definition) is 2. The molecule has 0 unspecified atom stereocenters. The molecule has 12 nitrogen and oxygen atoms in total. The van der Waals surface area contributed by atoms with E-state index in [1.54, 1.807) is 59.0 Å². The first-order valence-electron chi connectivity index (χ1n) is 18.0. The molecule has 53 heavy (non-hydrogen) atoms. The lowest BCUT2D eigenvalue weighted by atomic mass is 9.96. The van der Waals surface area contributed by atoms with Crippen molar-refractivity contribution in [2.24, 2.45) is 13.0 Å². The summed E-state index contributed by atoms with van der Waals surface area (Å²) in [6.45, 7) is 12.7. The molecule has 2 aliphatic rings. The molecule has 2 aliphatic heterocycles. The van der Waals surface area contributed by atoms with E-state index in [1.165, 1.54) is 6.20 Å². The van der Waals surface area contributed by atoms with Crippen molar-refractivity contribution < 1.29 is 32.2 Å². The number of ether oxygens (including phenoxy) is 2. The zero-order chi connectivity index (χ0) is 37.9. The van der Waals surface area contributed by atoms with Crippen LogP contribution < -0.4 is 15.4 Å². The summed E-state index contributed by atoms with van der Waals surface area (Å²) in [5, 5.41) is 5.94. The van der Waals surface area contributed by atoms with Gasteiger partial charge in [-0.05, 0) is 76.1 Å². The lowest BCUT2D eigenvalue weighted by Gasteiger charge is -2.34. The van der Waals surface area contributed by atoms with Crippen LogP contribution in [0.15, 0.2) is 54.7 Å². The Bertz CT molecular complexity index is 1930. The van der Waals surface area contributed by atoms with Crippen molar-refractivity contribution in [1.29, 1.82) is 0 Å². The summed E-state index contributed by atoms with van der Waals surface area (Å²) in [6, 6.07) is 13.0. The number of nitrogens with one attached hydrogen (secondary N) is 2. The van der Waals surface area contributed by atoms with E-state index in [1.807, 2.05) is 20.8 Å². The van der Waals surface area contributed by atoms with E-state index in [4.69, 9.17) is 9.47 Å². The predicted molar refractivity (Wildman–Crippen MR) is 196 cm³/mol. The minimum absolute atomic E-state index is 0.183. The molecule has 15 heteroatoms. The Kier molecular flexibility index (Phi) is 11.1. The quantitative estimate of drug-likeness (QED) is 0.183. The van der Waals surface area contributed by atoms with Crippen LogP contribution in [-0.2, 0) is 29.3 Å². The fourth-order valence-corrected chi connectivity index (χ4v) is 6.59. The van der Waals surface area contributed by atoms with Crippen molar-refractivity contribution in [1.82, 2.24) is 29.2 Å². The number of piperazine rings is 1. The van der Waals surface area contributed by atoms with Crippen LogP contribution in [0.25, 0.3) is 11.0 Å². The first-order chi connectivity index (χ1) is 25.1. The molecule has 284 valence electrons. The molecule has 0 radical (unpaired) electrons. The van der Waals surface area contributed by atoms with Gasteiger partial charge in [-0.3, -0.25) is 9.69 Å². The topological polar surface area (TPSA) is 117 Å². The smallest absolute Gasteiger partial charge is 0.416 e. The number of carbonyl (C=O) groups excluding carboxylic acids is 2. The lowest BCUT2D eigenvalue weighted by Crippen LogP contribution is -2.45. The number of fused-ring (bicyclic) bond motifs is 1. The van der Waals surface area contributed by atoms with Crippen molar-refractivity contribution in [3.63, 3.8) is 0 Å². The molecular formula is C38H47F3N8O4. The molecule has 0 atom stereocenters. The summed E-state index contributed by atoms with van der Waals surface area (Å²) in [6.07, 6.45) is -2.33. The predicted octanol–water partition coefficient (Wildman–Crippen LogP) is 7.25. The summed E-state index contributed by atoms with van der Waals surface area (Å²) >= 11 is 0. The van der Waals surface area contributed by atoms with Crippen LogP contribution in [0.4, 0.5) is 35.4 Å². The van der Waals surface area contributed by atoms with E-state index in [2.05, 4.69) is 37.3 Å². The summed E-state index contributed by atoms with van der Waals surface area (Å²) in [5.41, 5.74) is 0.613. The Hall–Kier alpha value is -4.89. The van der Waals surface area contributed by atoms with Crippen molar-refractivity contribution >= 4 is 40.5 Å². The highest BCUT2D eigenvalue weighted by Gasteiger charge is 2.35. The largest absolute Gasteiger partial charge is 0.457 e. The molecule has 2 fully saturated rings. The molecule has 2 aromatic heterocycles. The lowest BCUT2D eigenvalue weighted by molar-refractivity contribution is -0.138. The number of amides is 2. The van der Waals surface area contributed by atoms with Gasteiger partial charge < -0.3 is 34.5 Å². The van der Waals surface area contributed by atoms with Crippen LogP contribution in [0.2, 0.25) is 0 Å². The zero-order valence-corrected chi connectivity index (χ0v) is 30.8. The van der Waals surface area contributed by atoms with Gasteiger partial charge in [0.2, 0.25) is 11.9 Å². The number of carbonyl (C=O) groups is 2. The first kappa shape index (κ1) is 37.9. The van der Waals surface area contributed by atoms with Crippen LogP contribution >= 0.6 is 0 Å². The third-order valence-electron chi connectivity index (χ3n) is 9.57. The molecule has 2 aromatic carbocycles. The fraction of sp³-hybridized carbons (Fsp3) is 0.474. The van der Waals surface area contributed by atoms with Gasteiger partial charge in [0.1, 0.15) is 22.9 Å². The zero-order valence-electron chi connectivity index (χ0n) is 30.8. The van der Waals surface area contributed by atoms with Crippen molar-refractivity contribution in [2.45, 2.75) is 58.9 Å². The van der Waals surface area contributed by atoms with Crippen molar-refractivity contribution in [2.75, 3.05) is 56.4 Å². The molecule has 2 amide bonds. The highest BCUT2D eigenvalue weighted by Crippen LogP contribution is 2.36. The first-order valence-corrected chi connectivity index (χ1v) is 18.0. The van der Waals surface area contributed by atoms with Gasteiger partial charge in [0.15, 0.2) is 0 Å². The van der Waals surface area contributed by atoms with Gasteiger partial charge >= 0.3 is 12.3 Å². The van der Waals surface area contributed by atoms with E-state index in [0.717, 1.165) is 38.8 Å². The molecule has 0 saturated carbocycles. The minimum Gasteiger partial charge on any atom is -0.457 e. The van der Waals surface area contributed by atoms with Crippen LogP contribution in [-0.4, -0.2) is 92.6 Å². The van der Waals surface area contributed by atoms with Gasteiger partial charge in [-0.2, -0.15) is 13.2 Å². The number of aryl methyl sites for hydroxylation is 1. The molecule has 0 spiro atoms. The van der Waals surface area contributed by atoms with E-state index < -0.39 is 17.3 Å². The van der Waals surface area contributed by atoms with Gasteiger partial charge in [-0.25, -0.2) is 14.8 Å². The molecule has 6 rings (SSSR count). The maximum Gasteiger partial charge on any atom is 0.416 e. The number of benzene rings is 2. The Morgan fingerprint density at radius 2 is 1.60 bits per heavy atom. The number of nitrogens with zero attached hydrogens (tertiary/aromatic N) is 6. The molecular weight excluding hydrogens is 689 g/mol. The number of halogens is 3. The molecule has 2 saturated heterocycles. The van der Waals surface area contributed by atoms with Crippen LogP contribution in [0.5, 0.6) is 11.5 Å². The minimum atomic E-state index is -4.51. The number of hydrogen-bond acceptors (Lipinski definition) is 9. The summed E-state index contributed by atoms with van der Waals surface area (Å²) in [4.78, 5) is 40.3. The van der Waals surface area contributed by atoms with E-state index >= 15 is 0 Å². The van der Waals surface area contributed by atoms with Gasteiger partial charge in [0, 0.05) is 82.8 Å². The van der Waals surface area contributed by atoms with E-state index in [-0.39, 0.29) is 35.7 Å². The molecule has 0 bridgehead atoms. The van der Waals surface area contributed by atoms with E-state index in [9.17, 15) is 22.8 Å². The number of piperidine rings is 1. The highest BCUT2D eigenvalue weighted by molar-refractivity contribution is 5.92. The summed E-state index contributed by atoms with van der Waals surface area (Å²) in [5.74, 6) is 1.19. The molecule has 0 aliphatic carbocycles. The number of rotatable bonds is 9. The van der Waals surface area contributed by atoms with Crippen LogP contribution in [0.3, 0.4) is 0 Å². The second-order valence-corrected chi connectivity index (χ2v) is 14.6. The highest BCUT2D eigenvalue weighted by atomic mass is 19.4. The Labute approximate surface area is 307 Å². The average Bonchev–Trinajstić information content (AvgIpc) is 3.42. The SMILES string of the molecule is CCN1CCN(Cc2ccc(Nc3nc4ccc(Oc5ccnc(NC(=O)C6CCN(C(=O)OC(C)(C)C)CC6)c5)cc4n3C)cc2C(F)(F)F)CC1. The molecule has 2 N–H and O–H groups in total. The number of alkyl halides is 3. The van der Waals surface area contributed by atoms with Crippen LogP contribution in [0.1, 0.15) is 51.7 Å². The monoisotopic (exact) mass is 736 g/mol. The fourth-order valence-electron chi connectivity index (χ4n) is 6.59. The molecule has 4 aromatic rings. The number of likely N-dealkylation sites (tertiary alicyclic amines) is 1. The number of imidazole rings is 1. The Balaban J connectivity index is 1.09. The van der Waals surface area contributed by atoms with Crippen LogP contribution in [0, 0.1) is 5.92 Å². The molecule has 4 heterocycles. The van der Waals surface area contributed by atoms with Gasteiger partial charge in [0.05, 0.1) is 16.6 Å². The van der Waals surface area contributed by atoms with Crippen molar-refractivity contribution in [3.8, 4) is 11.5 Å². The Morgan fingerprint density at radius 1 is 0.906 bits per heavy atom. The normalized spacial score (nSPS) is 16.5. The number of aromatic nitrogens is 3. The number of anilines is 3. The van der Waals surface area contributed by atoms with Gasteiger partial charge in [-0.15, -0.1) is 0 Å². The summed E-state index contributed by atoms with van der Waals surface area (Å²) < 4.78 is 56.0. The maximum atomic E-state index is 14.2. The third-order valence-corrected chi connectivity index (χ3v) is 9.57. The third kappa shape index (κ3) is 9.57.